The standard InChI is InChI=1S/C21H16ClNOS/c22-15-11-9-14(10-12-15)21-13-18(16-5-1-3-7-19(16)24)23-17-6-2-4-8-20(17)25-21/h1-12,21,24H,13H2/t21-/m0/s1. The quantitative estimate of drug-likeness (QED) is 0.569. The Morgan fingerprint density at radius 1 is 0.920 bits per heavy atom. The van der Waals surface area contributed by atoms with Crippen molar-refractivity contribution >= 4 is 34.8 Å². The van der Waals surface area contributed by atoms with Crippen molar-refractivity contribution in [1.29, 1.82) is 0 Å². The van der Waals surface area contributed by atoms with Crippen LogP contribution < -0.4 is 0 Å². The van der Waals surface area contributed by atoms with Crippen LogP contribution in [0.1, 0.15) is 22.8 Å². The molecule has 0 radical (unpaired) electrons. The highest BCUT2D eigenvalue weighted by Gasteiger charge is 2.23. The van der Waals surface area contributed by atoms with Crippen molar-refractivity contribution in [2.24, 2.45) is 4.99 Å². The molecule has 1 heterocycles. The first-order chi connectivity index (χ1) is 12.2. The second kappa shape index (κ2) is 6.95. The van der Waals surface area contributed by atoms with E-state index >= 15 is 0 Å². The average Bonchev–Trinajstić information content (AvgIpc) is 2.82. The minimum Gasteiger partial charge on any atom is -0.507 e. The molecule has 0 saturated heterocycles. The highest BCUT2D eigenvalue weighted by atomic mass is 35.5. The summed E-state index contributed by atoms with van der Waals surface area (Å²) < 4.78 is 0. The molecule has 1 atom stereocenters. The van der Waals surface area contributed by atoms with Crippen molar-refractivity contribution in [3.63, 3.8) is 0 Å². The van der Waals surface area contributed by atoms with E-state index in [2.05, 4.69) is 18.2 Å². The summed E-state index contributed by atoms with van der Waals surface area (Å²) in [5, 5.41) is 11.2. The van der Waals surface area contributed by atoms with Gasteiger partial charge in [-0.1, -0.05) is 48.0 Å². The van der Waals surface area contributed by atoms with Crippen molar-refractivity contribution in [3.8, 4) is 5.75 Å². The van der Waals surface area contributed by atoms with E-state index in [0.29, 0.717) is 0 Å². The third kappa shape index (κ3) is 3.44. The fourth-order valence-corrected chi connectivity index (χ4v) is 4.32. The number of nitrogens with zero attached hydrogens (tertiary/aromatic N) is 1. The summed E-state index contributed by atoms with van der Waals surface area (Å²) in [7, 11) is 0. The summed E-state index contributed by atoms with van der Waals surface area (Å²) in [6.45, 7) is 0. The SMILES string of the molecule is Oc1ccccc1C1=Nc2ccccc2S[C@H](c2ccc(Cl)cc2)C1. The summed E-state index contributed by atoms with van der Waals surface area (Å²) in [6.07, 6.45) is 0.735. The lowest BCUT2D eigenvalue weighted by atomic mass is 10.0. The Bertz CT molecular complexity index is 937. The second-order valence-electron chi connectivity index (χ2n) is 5.91. The van der Waals surface area contributed by atoms with Gasteiger partial charge in [-0.3, -0.25) is 4.99 Å². The fraction of sp³-hybridized carbons (Fsp3) is 0.0952. The summed E-state index contributed by atoms with van der Waals surface area (Å²) in [5.74, 6) is 0.264. The molecule has 124 valence electrons. The molecule has 25 heavy (non-hydrogen) atoms. The Morgan fingerprint density at radius 3 is 2.44 bits per heavy atom. The highest BCUT2D eigenvalue weighted by Crippen LogP contribution is 2.46. The number of rotatable bonds is 2. The molecule has 0 spiro atoms. The maximum Gasteiger partial charge on any atom is 0.124 e. The Hall–Kier alpha value is -2.23. The van der Waals surface area contributed by atoms with Crippen molar-refractivity contribution in [2.75, 3.05) is 0 Å². The molecule has 0 bridgehead atoms. The first kappa shape index (κ1) is 16.2. The zero-order valence-corrected chi connectivity index (χ0v) is 15.0. The van der Waals surface area contributed by atoms with Gasteiger partial charge in [-0.2, -0.15) is 0 Å². The molecule has 0 aromatic heterocycles. The molecule has 4 heteroatoms. The number of thioether (sulfide) groups is 1. The molecular weight excluding hydrogens is 350 g/mol. The lowest BCUT2D eigenvalue weighted by molar-refractivity contribution is 0.474. The molecule has 1 aliphatic rings. The minimum absolute atomic E-state index is 0.208. The van der Waals surface area contributed by atoms with E-state index in [1.54, 1.807) is 17.8 Å². The first-order valence-electron chi connectivity index (χ1n) is 8.08. The normalized spacial score (nSPS) is 16.7. The molecule has 3 aromatic rings. The summed E-state index contributed by atoms with van der Waals surface area (Å²) >= 11 is 7.85. The number of phenolic OH excluding ortho intramolecular Hbond substituents is 1. The molecule has 0 fully saturated rings. The maximum atomic E-state index is 10.3. The first-order valence-corrected chi connectivity index (χ1v) is 9.33. The van der Waals surface area contributed by atoms with Crippen LogP contribution in [0.4, 0.5) is 5.69 Å². The van der Waals surface area contributed by atoms with Gasteiger partial charge in [0.1, 0.15) is 5.75 Å². The van der Waals surface area contributed by atoms with Gasteiger partial charge in [-0.25, -0.2) is 0 Å². The molecule has 4 rings (SSSR count). The highest BCUT2D eigenvalue weighted by molar-refractivity contribution is 7.99. The van der Waals surface area contributed by atoms with E-state index in [-0.39, 0.29) is 11.0 Å². The number of para-hydroxylation sites is 2. The van der Waals surface area contributed by atoms with E-state index in [1.807, 2.05) is 48.5 Å². The fourth-order valence-electron chi connectivity index (χ4n) is 2.96. The van der Waals surface area contributed by atoms with Crippen molar-refractivity contribution in [2.45, 2.75) is 16.6 Å². The van der Waals surface area contributed by atoms with Gasteiger partial charge in [-0.15, -0.1) is 11.8 Å². The molecule has 1 aliphatic heterocycles. The Kier molecular flexibility index (Phi) is 4.51. The van der Waals surface area contributed by atoms with Crippen LogP contribution in [0.15, 0.2) is 82.7 Å². The van der Waals surface area contributed by atoms with Gasteiger partial charge in [0.05, 0.1) is 11.4 Å². The van der Waals surface area contributed by atoms with Gasteiger partial charge in [-0.05, 0) is 42.0 Å². The molecule has 2 nitrogen and oxygen atoms in total. The Morgan fingerprint density at radius 2 is 1.64 bits per heavy atom. The molecule has 0 saturated carbocycles. The van der Waals surface area contributed by atoms with Gasteiger partial charge in [0.15, 0.2) is 0 Å². The van der Waals surface area contributed by atoms with Crippen LogP contribution in [0.2, 0.25) is 5.02 Å². The van der Waals surface area contributed by atoms with Gasteiger partial charge < -0.3 is 5.11 Å². The van der Waals surface area contributed by atoms with E-state index in [4.69, 9.17) is 16.6 Å². The number of aromatic hydroxyl groups is 1. The van der Waals surface area contributed by atoms with Crippen LogP contribution in [-0.4, -0.2) is 10.8 Å². The largest absolute Gasteiger partial charge is 0.507 e. The zero-order chi connectivity index (χ0) is 17.2. The van der Waals surface area contributed by atoms with Crippen molar-refractivity contribution < 1.29 is 5.11 Å². The average molecular weight is 366 g/mol. The number of hydrogen-bond acceptors (Lipinski definition) is 3. The lowest BCUT2D eigenvalue weighted by Gasteiger charge is -2.16. The van der Waals surface area contributed by atoms with Crippen LogP contribution in [-0.2, 0) is 0 Å². The Labute approximate surface area is 156 Å². The molecule has 0 amide bonds. The number of fused-ring (bicyclic) bond motifs is 1. The monoisotopic (exact) mass is 365 g/mol. The van der Waals surface area contributed by atoms with E-state index in [1.165, 1.54) is 5.56 Å². The van der Waals surface area contributed by atoms with Gasteiger partial charge in [0.2, 0.25) is 0 Å². The zero-order valence-electron chi connectivity index (χ0n) is 13.4. The third-order valence-electron chi connectivity index (χ3n) is 4.23. The predicted octanol–water partition coefficient (Wildman–Crippen LogP) is 6.40. The lowest BCUT2D eigenvalue weighted by Crippen LogP contribution is -2.05. The number of phenols is 1. The summed E-state index contributed by atoms with van der Waals surface area (Å²) in [6, 6.07) is 23.5. The second-order valence-corrected chi connectivity index (χ2v) is 7.59. The van der Waals surface area contributed by atoms with Crippen LogP contribution in [0, 0.1) is 0 Å². The van der Waals surface area contributed by atoms with Crippen molar-refractivity contribution in [3.05, 3.63) is 88.9 Å². The topological polar surface area (TPSA) is 32.6 Å². The van der Waals surface area contributed by atoms with Crippen LogP contribution >= 0.6 is 23.4 Å². The summed E-state index contributed by atoms with van der Waals surface area (Å²) in [4.78, 5) is 6.02. The van der Waals surface area contributed by atoms with Gasteiger partial charge in [0.25, 0.3) is 0 Å². The number of benzene rings is 3. The summed E-state index contributed by atoms with van der Waals surface area (Å²) in [5.41, 5.74) is 3.84. The van der Waals surface area contributed by atoms with Gasteiger partial charge in [0, 0.05) is 27.2 Å². The molecule has 1 N–H and O–H groups in total. The van der Waals surface area contributed by atoms with Crippen LogP contribution in [0.25, 0.3) is 0 Å². The molecule has 0 aliphatic carbocycles. The maximum absolute atomic E-state index is 10.3. The van der Waals surface area contributed by atoms with E-state index in [0.717, 1.165) is 33.3 Å². The van der Waals surface area contributed by atoms with Crippen molar-refractivity contribution in [1.82, 2.24) is 0 Å². The number of aliphatic imine (C=N–C) groups is 1. The molecular formula is C21H16ClNOS. The van der Waals surface area contributed by atoms with Crippen LogP contribution in [0.3, 0.4) is 0 Å². The predicted molar refractivity (Wildman–Crippen MR) is 105 cm³/mol. The number of hydrogen-bond donors (Lipinski definition) is 1. The number of halogens is 1. The molecule has 0 unspecified atom stereocenters. The smallest absolute Gasteiger partial charge is 0.124 e. The third-order valence-corrected chi connectivity index (χ3v) is 5.80. The van der Waals surface area contributed by atoms with Gasteiger partial charge >= 0.3 is 0 Å². The van der Waals surface area contributed by atoms with Crippen LogP contribution in [0.5, 0.6) is 5.75 Å². The molecule has 3 aromatic carbocycles. The van der Waals surface area contributed by atoms with E-state index in [9.17, 15) is 5.11 Å². The van der Waals surface area contributed by atoms with E-state index < -0.39 is 0 Å². The minimum atomic E-state index is 0.208. The Balaban J connectivity index is 1.82.